The monoisotopic (exact) mass is 398 g/mol. The third-order valence-electron chi connectivity index (χ3n) is 4.68. The molecule has 2 aromatic carbocycles. The van der Waals surface area contributed by atoms with Crippen molar-refractivity contribution < 1.29 is 4.79 Å². The number of carbonyl (C=O) groups excluding carboxylic acids is 1. The van der Waals surface area contributed by atoms with Gasteiger partial charge in [0, 0.05) is 29.2 Å². The number of fused-ring (bicyclic) bond motifs is 1. The third-order valence-corrected chi connectivity index (χ3v) is 5.23. The molecule has 0 saturated heterocycles. The molecular weight excluding hydrogens is 379 g/mol. The second-order valence-corrected chi connectivity index (χ2v) is 7.10. The van der Waals surface area contributed by atoms with Gasteiger partial charge in [-0.1, -0.05) is 60.5 Å². The molecule has 1 aliphatic rings. The molecule has 3 nitrogen and oxygen atoms in total. The Morgan fingerprint density at radius 1 is 1.20 bits per heavy atom. The summed E-state index contributed by atoms with van der Waals surface area (Å²) in [6, 6.07) is 13.1. The molecule has 2 N–H and O–H groups in total. The Hall–Kier alpha value is -1.26. The van der Waals surface area contributed by atoms with E-state index in [4.69, 9.17) is 28.9 Å². The van der Waals surface area contributed by atoms with E-state index in [1.54, 1.807) is 6.07 Å². The Morgan fingerprint density at radius 2 is 1.88 bits per heavy atom. The summed E-state index contributed by atoms with van der Waals surface area (Å²) in [4.78, 5) is 14.7. The number of hydrogen-bond donors (Lipinski definition) is 1. The molecule has 1 heterocycles. The van der Waals surface area contributed by atoms with Gasteiger partial charge in [0.15, 0.2) is 0 Å². The van der Waals surface area contributed by atoms with Crippen molar-refractivity contribution in [2.45, 2.75) is 25.9 Å². The normalized spacial score (nSPS) is 15.8. The molecule has 2 atom stereocenters. The lowest BCUT2D eigenvalue weighted by Gasteiger charge is -2.33. The highest BCUT2D eigenvalue weighted by atomic mass is 35.5. The number of rotatable bonds is 3. The summed E-state index contributed by atoms with van der Waals surface area (Å²) < 4.78 is 0. The van der Waals surface area contributed by atoms with E-state index in [2.05, 4.69) is 0 Å². The van der Waals surface area contributed by atoms with Crippen LogP contribution in [0.3, 0.4) is 0 Å². The van der Waals surface area contributed by atoms with Gasteiger partial charge in [-0.25, -0.2) is 0 Å². The first kappa shape index (κ1) is 20.1. The maximum Gasteiger partial charge on any atom is 0.227 e. The molecule has 0 aromatic heterocycles. The van der Waals surface area contributed by atoms with Gasteiger partial charge >= 0.3 is 0 Å². The Morgan fingerprint density at radius 3 is 2.56 bits per heavy atom. The smallest absolute Gasteiger partial charge is 0.227 e. The molecule has 6 heteroatoms. The van der Waals surface area contributed by atoms with E-state index >= 15 is 0 Å². The highest BCUT2D eigenvalue weighted by Gasteiger charge is 2.29. The fraction of sp³-hybridized carbons (Fsp3) is 0.316. The number of halogens is 3. The minimum atomic E-state index is -0.319. The first-order valence-corrected chi connectivity index (χ1v) is 8.79. The van der Waals surface area contributed by atoms with Crippen LogP contribution in [-0.2, 0) is 17.8 Å². The first-order valence-electron chi connectivity index (χ1n) is 8.03. The Balaban J connectivity index is 0.00000225. The standard InChI is InChI=1S/C19H20Cl2N2O.ClH/c1-12(18(22)13-5-3-2-4-6-13)19(24)23-8-7-14-9-15(20)10-17(21)16(14)11-23;/h2-6,9-10,12,18H,7-8,11,22H2,1H3;1H. The van der Waals surface area contributed by atoms with Crippen LogP contribution in [0.4, 0.5) is 0 Å². The van der Waals surface area contributed by atoms with Gasteiger partial charge in [-0.15, -0.1) is 12.4 Å². The van der Waals surface area contributed by atoms with Crippen LogP contribution in [0.1, 0.15) is 29.7 Å². The number of amides is 1. The summed E-state index contributed by atoms with van der Waals surface area (Å²) in [5, 5.41) is 1.26. The molecule has 2 aromatic rings. The molecule has 0 aliphatic carbocycles. The van der Waals surface area contributed by atoms with Crippen molar-refractivity contribution in [1.29, 1.82) is 0 Å². The average molecular weight is 400 g/mol. The van der Waals surface area contributed by atoms with E-state index in [1.165, 1.54) is 0 Å². The molecule has 0 bridgehead atoms. The topological polar surface area (TPSA) is 46.3 Å². The van der Waals surface area contributed by atoms with Crippen molar-refractivity contribution in [1.82, 2.24) is 4.90 Å². The van der Waals surface area contributed by atoms with Crippen LogP contribution >= 0.6 is 35.6 Å². The van der Waals surface area contributed by atoms with Gasteiger partial charge in [0.25, 0.3) is 0 Å². The molecular formula is C19H21Cl3N2O. The lowest BCUT2D eigenvalue weighted by atomic mass is 9.92. The Bertz CT molecular complexity index is 752. The average Bonchev–Trinajstić information content (AvgIpc) is 2.60. The molecule has 3 rings (SSSR count). The van der Waals surface area contributed by atoms with Crippen molar-refractivity contribution in [3.05, 3.63) is 69.2 Å². The first-order chi connectivity index (χ1) is 11.5. The second-order valence-electron chi connectivity index (χ2n) is 6.26. The van der Waals surface area contributed by atoms with Crippen LogP contribution in [0.15, 0.2) is 42.5 Å². The van der Waals surface area contributed by atoms with Crippen LogP contribution in [0, 0.1) is 5.92 Å². The zero-order valence-electron chi connectivity index (χ0n) is 13.9. The number of benzene rings is 2. The van der Waals surface area contributed by atoms with Gasteiger partial charge in [0.1, 0.15) is 0 Å². The molecule has 0 spiro atoms. The Kier molecular flexibility index (Phi) is 6.75. The lowest BCUT2D eigenvalue weighted by Crippen LogP contribution is -2.42. The fourth-order valence-electron chi connectivity index (χ4n) is 3.18. The van der Waals surface area contributed by atoms with Gasteiger partial charge in [-0.05, 0) is 35.2 Å². The summed E-state index contributed by atoms with van der Waals surface area (Å²) in [6.07, 6.45) is 0.759. The maximum absolute atomic E-state index is 12.9. The lowest BCUT2D eigenvalue weighted by molar-refractivity contribution is -0.136. The molecule has 2 unspecified atom stereocenters. The van der Waals surface area contributed by atoms with Gasteiger partial charge in [-0.3, -0.25) is 4.79 Å². The molecule has 1 aliphatic heterocycles. The van der Waals surface area contributed by atoms with E-state index in [0.717, 1.165) is 23.1 Å². The van der Waals surface area contributed by atoms with Crippen LogP contribution in [0.5, 0.6) is 0 Å². The van der Waals surface area contributed by atoms with E-state index in [-0.39, 0.29) is 30.3 Å². The van der Waals surface area contributed by atoms with Crippen LogP contribution in [-0.4, -0.2) is 17.4 Å². The number of nitrogens with zero attached hydrogens (tertiary/aromatic N) is 1. The number of nitrogens with two attached hydrogens (primary N) is 1. The predicted octanol–water partition coefficient (Wildman–Crippen LogP) is 4.64. The minimum absolute atomic E-state index is 0. The molecule has 0 fully saturated rings. The van der Waals surface area contributed by atoms with Crippen molar-refractivity contribution in [3.8, 4) is 0 Å². The number of carbonyl (C=O) groups is 1. The molecule has 0 radical (unpaired) electrons. The van der Waals surface area contributed by atoms with Crippen molar-refractivity contribution in [2.75, 3.05) is 6.54 Å². The van der Waals surface area contributed by atoms with Gasteiger partial charge < -0.3 is 10.6 Å². The van der Waals surface area contributed by atoms with Crippen molar-refractivity contribution in [2.24, 2.45) is 11.7 Å². The molecule has 25 heavy (non-hydrogen) atoms. The van der Waals surface area contributed by atoms with Crippen molar-refractivity contribution >= 4 is 41.5 Å². The predicted molar refractivity (Wildman–Crippen MR) is 105 cm³/mol. The molecule has 134 valence electrons. The van der Waals surface area contributed by atoms with E-state index in [0.29, 0.717) is 23.1 Å². The van der Waals surface area contributed by atoms with Gasteiger partial charge in [0.05, 0.1) is 5.92 Å². The van der Waals surface area contributed by atoms with Crippen LogP contribution < -0.4 is 5.73 Å². The van der Waals surface area contributed by atoms with E-state index < -0.39 is 0 Å². The summed E-state index contributed by atoms with van der Waals surface area (Å²) in [5.74, 6) is -0.233. The zero-order valence-corrected chi connectivity index (χ0v) is 16.2. The molecule has 0 saturated carbocycles. The van der Waals surface area contributed by atoms with Gasteiger partial charge in [-0.2, -0.15) is 0 Å². The maximum atomic E-state index is 12.9. The third kappa shape index (κ3) is 4.29. The van der Waals surface area contributed by atoms with Crippen LogP contribution in [0.25, 0.3) is 0 Å². The summed E-state index contributed by atoms with van der Waals surface area (Å²) >= 11 is 12.4. The Labute approximate surface area is 164 Å². The number of hydrogen-bond acceptors (Lipinski definition) is 2. The molecule has 1 amide bonds. The zero-order chi connectivity index (χ0) is 17.3. The van der Waals surface area contributed by atoms with Crippen molar-refractivity contribution in [3.63, 3.8) is 0 Å². The summed E-state index contributed by atoms with van der Waals surface area (Å²) in [7, 11) is 0. The summed E-state index contributed by atoms with van der Waals surface area (Å²) in [6.45, 7) is 3.06. The second kappa shape index (κ2) is 8.41. The highest BCUT2D eigenvalue weighted by Crippen LogP contribution is 2.31. The summed E-state index contributed by atoms with van der Waals surface area (Å²) in [5.41, 5.74) is 9.38. The fourth-order valence-corrected chi connectivity index (χ4v) is 3.77. The SMILES string of the molecule is CC(C(=O)N1CCc2cc(Cl)cc(Cl)c2C1)C(N)c1ccccc1.Cl. The van der Waals surface area contributed by atoms with E-state index in [1.807, 2.05) is 48.2 Å². The highest BCUT2D eigenvalue weighted by molar-refractivity contribution is 6.35. The van der Waals surface area contributed by atoms with E-state index in [9.17, 15) is 4.79 Å². The van der Waals surface area contributed by atoms with Crippen LogP contribution in [0.2, 0.25) is 10.0 Å². The van der Waals surface area contributed by atoms with Gasteiger partial charge in [0.2, 0.25) is 5.91 Å². The quantitative estimate of drug-likeness (QED) is 0.817. The largest absolute Gasteiger partial charge is 0.338 e. The minimum Gasteiger partial charge on any atom is -0.338 e.